The van der Waals surface area contributed by atoms with Gasteiger partial charge in [-0.1, -0.05) is 23.8 Å². The molecule has 4 aromatic rings. The normalized spacial score (nSPS) is 11.2. The predicted molar refractivity (Wildman–Crippen MR) is 131 cm³/mol. The number of anilines is 1. The number of nitrogens with one attached hydrogen (secondary N) is 1. The van der Waals surface area contributed by atoms with Crippen molar-refractivity contribution in [2.24, 2.45) is 0 Å². The summed E-state index contributed by atoms with van der Waals surface area (Å²) in [6, 6.07) is 14.3. The summed E-state index contributed by atoms with van der Waals surface area (Å²) in [6.45, 7) is 12.3. The van der Waals surface area contributed by atoms with Gasteiger partial charge >= 0.3 is 0 Å². The molecule has 0 radical (unpaired) electrons. The Morgan fingerprint density at radius 3 is 2.31 bits per heavy atom. The van der Waals surface area contributed by atoms with Crippen LogP contribution in [0.1, 0.15) is 45.6 Å². The van der Waals surface area contributed by atoms with E-state index in [1.54, 1.807) is 0 Å². The molecule has 2 heterocycles. The molecule has 1 N–H and O–H groups in total. The first-order valence-corrected chi connectivity index (χ1v) is 11.0. The van der Waals surface area contributed by atoms with Gasteiger partial charge in [-0.2, -0.15) is 5.10 Å². The Balaban J connectivity index is 1.59. The van der Waals surface area contributed by atoms with E-state index in [0.29, 0.717) is 12.8 Å². The average Bonchev–Trinajstić information content (AvgIpc) is 3.07. The smallest absolute Gasteiger partial charge is 0.224 e. The number of benzene rings is 2. The second-order valence-electron chi connectivity index (χ2n) is 8.68. The molecule has 0 atom stereocenters. The molecule has 0 saturated heterocycles. The number of fused-ring (bicyclic) bond motifs is 1. The van der Waals surface area contributed by atoms with E-state index in [2.05, 4.69) is 57.3 Å². The third kappa shape index (κ3) is 4.15. The van der Waals surface area contributed by atoms with E-state index in [0.717, 1.165) is 44.9 Å². The van der Waals surface area contributed by atoms with Crippen LogP contribution < -0.4 is 5.32 Å². The molecule has 4 rings (SSSR count). The van der Waals surface area contributed by atoms with Crippen LogP contribution in [0.5, 0.6) is 0 Å². The highest BCUT2D eigenvalue weighted by Crippen LogP contribution is 2.28. The maximum atomic E-state index is 12.6. The van der Waals surface area contributed by atoms with Crippen molar-refractivity contribution in [2.75, 3.05) is 5.32 Å². The Morgan fingerprint density at radius 1 is 0.906 bits per heavy atom. The minimum atomic E-state index is 0.0132. The number of carbonyl (C=O) groups is 1. The molecule has 32 heavy (non-hydrogen) atoms. The fourth-order valence-corrected chi connectivity index (χ4v) is 4.22. The lowest BCUT2D eigenvalue weighted by molar-refractivity contribution is -0.116. The monoisotopic (exact) mass is 426 g/mol. The van der Waals surface area contributed by atoms with Crippen molar-refractivity contribution in [1.29, 1.82) is 0 Å². The number of hydrogen-bond acceptors (Lipinski definition) is 3. The molecule has 164 valence electrons. The van der Waals surface area contributed by atoms with Gasteiger partial charge in [0.2, 0.25) is 5.91 Å². The average molecular weight is 427 g/mol. The van der Waals surface area contributed by atoms with Crippen LogP contribution >= 0.6 is 0 Å². The minimum Gasteiger partial charge on any atom is -0.326 e. The molecule has 5 heteroatoms. The van der Waals surface area contributed by atoms with Crippen LogP contribution in [0, 0.1) is 41.5 Å². The fraction of sp³-hybridized carbons (Fsp3) is 0.296. The minimum absolute atomic E-state index is 0.0132. The number of rotatable bonds is 5. The summed E-state index contributed by atoms with van der Waals surface area (Å²) < 4.78 is 1.92. The summed E-state index contributed by atoms with van der Waals surface area (Å²) >= 11 is 0. The number of aryl methyl sites for hydroxylation is 6. The summed E-state index contributed by atoms with van der Waals surface area (Å²) in [4.78, 5) is 17.5. The Kier molecular flexibility index (Phi) is 5.83. The predicted octanol–water partition coefficient (Wildman–Crippen LogP) is 5.84. The van der Waals surface area contributed by atoms with Gasteiger partial charge in [-0.25, -0.2) is 9.67 Å². The number of hydrogen-bond donors (Lipinski definition) is 1. The molecule has 0 fully saturated rings. The Labute approximate surface area is 189 Å². The molecule has 5 nitrogen and oxygen atoms in total. The van der Waals surface area contributed by atoms with Gasteiger partial charge in [0.1, 0.15) is 0 Å². The van der Waals surface area contributed by atoms with Crippen molar-refractivity contribution in [1.82, 2.24) is 14.8 Å². The standard InChI is InChI=1S/C27H30N4O/c1-16-7-11-23(12-8-16)31-27-26(21(6)30-31)19(4)24(20(5)28-27)13-14-25(32)29-22-10-9-17(2)18(3)15-22/h7-12,15H,13-14H2,1-6H3,(H,29,32). The van der Waals surface area contributed by atoms with Gasteiger partial charge in [0.05, 0.1) is 11.4 Å². The molecular weight excluding hydrogens is 396 g/mol. The summed E-state index contributed by atoms with van der Waals surface area (Å²) in [5, 5.41) is 8.87. The van der Waals surface area contributed by atoms with Crippen LogP contribution in [0.4, 0.5) is 5.69 Å². The topological polar surface area (TPSA) is 59.8 Å². The maximum absolute atomic E-state index is 12.6. The summed E-state index contributed by atoms with van der Waals surface area (Å²) in [5.74, 6) is 0.0132. The summed E-state index contributed by atoms with van der Waals surface area (Å²) in [5.41, 5.74) is 10.5. The van der Waals surface area contributed by atoms with E-state index in [-0.39, 0.29) is 5.91 Å². The van der Waals surface area contributed by atoms with Crippen LogP contribution in [0.3, 0.4) is 0 Å². The van der Waals surface area contributed by atoms with E-state index in [1.165, 1.54) is 16.7 Å². The third-order valence-corrected chi connectivity index (χ3v) is 6.25. The number of aromatic nitrogens is 3. The highest BCUT2D eigenvalue weighted by molar-refractivity contribution is 5.91. The van der Waals surface area contributed by atoms with Crippen molar-refractivity contribution in [3.05, 3.63) is 81.7 Å². The molecule has 0 unspecified atom stereocenters. The highest BCUT2D eigenvalue weighted by Gasteiger charge is 2.18. The second kappa shape index (κ2) is 8.58. The first-order valence-electron chi connectivity index (χ1n) is 11.0. The zero-order valence-corrected chi connectivity index (χ0v) is 19.7. The Morgan fingerprint density at radius 2 is 1.62 bits per heavy atom. The number of nitrogens with zero attached hydrogens (tertiary/aromatic N) is 3. The van der Waals surface area contributed by atoms with Gasteiger partial charge in [0, 0.05) is 23.2 Å². The van der Waals surface area contributed by atoms with Gasteiger partial charge < -0.3 is 5.32 Å². The van der Waals surface area contributed by atoms with Crippen molar-refractivity contribution in [2.45, 2.75) is 54.4 Å². The number of pyridine rings is 1. The zero-order chi connectivity index (χ0) is 23.0. The van der Waals surface area contributed by atoms with E-state index in [1.807, 2.05) is 36.7 Å². The first-order chi connectivity index (χ1) is 15.2. The molecular formula is C27H30N4O. The molecule has 2 aromatic heterocycles. The van der Waals surface area contributed by atoms with Crippen molar-refractivity contribution < 1.29 is 4.79 Å². The fourth-order valence-electron chi connectivity index (χ4n) is 4.22. The number of amides is 1. The first kappa shape index (κ1) is 21.8. The lowest BCUT2D eigenvalue weighted by atomic mass is 9.99. The van der Waals surface area contributed by atoms with Crippen LogP contribution in [0.25, 0.3) is 16.7 Å². The Hall–Kier alpha value is -3.47. The summed E-state index contributed by atoms with van der Waals surface area (Å²) in [7, 11) is 0. The van der Waals surface area contributed by atoms with Crippen molar-refractivity contribution in [3.63, 3.8) is 0 Å². The van der Waals surface area contributed by atoms with Crippen LogP contribution in [-0.4, -0.2) is 20.7 Å². The molecule has 0 aliphatic heterocycles. The van der Waals surface area contributed by atoms with Crippen molar-refractivity contribution in [3.8, 4) is 5.69 Å². The van der Waals surface area contributed by atoms with Gasteiger partial charge in [0.25, 0.3) is 0 Å². The zero-order valence-electron chi connectivity index (χ0n) is 19.7. The second-order valence-corrected chi connectivity index (χ2v) is 8.68. The molecule has 0 aliphatic rings. The van der Waals surface area contributed by atoms with Gasteiger partial charge in [-0.05, 0) is 94.5 Å². The SMILES string of the molecule is Cc1ccc(-n2nc(C)c3c(C)c(CCC(=O)Nc4ccc(C)c(C)c4)c(C)nc32)cc1. The molecule has 0 bridgehead atoms. The summed E-state index contributed by atoms with van der Waals surface area (Å²) in [6.07, 6.45) is 1.05. The van der Waals surface area contributed by atoms with E-state index < -0.39 is 0 Å². The molecule has 0 saturated carbocycles. The highest BCUT2D eigenvalue weighted by atomic mass is 16.1. The van der Waals surface area contributed by atoms with Gasteiger partial charge in [-0.3, -0.25) is 4.79 Å². The Bertz CT molecular complexity index is 1320. The lowest BCUT2D eigenvalue weighted by Crippen LogP contribution is -2.13. The van der Waals surface area contributed by atoms with Crippen molar-refractivity contribution >= 4 is 22.6 Å². The van der Waals surface area contributed by atoms with Crippen LogP contribution in [-0.2, 0) is 11.2 Å². The van der Waals surface area contributed by atoms with Crippen LogP contribution in [0.2, 0.25) is 0 Å². The third-order valence-electron chi connectivity index (χ3n) is 6.25. The molecule has 1 amide bonds. The maximum Gasteiger partial charge on any atom is 0.224 e. The molecule has 2 aromatic carbocycles. The number of carbonyl (C=O) groups excluding carboxylic acids is 1. The quantitative estimate of drug-likeness (QED) is 0.436. The van der Waals surface area contributed by atoms with E-state index in [4.69, 9.17) is 10.1 Å². The largest absolute Gasteiger partial charge is 0.326 e. The lowest BCUT2D eigenvalue weighted by Gasteiger charge is -2.12. The molecule has 0 spiro atoms. The van der Waals surface area contributed by atoms with E-state index >= 15 is 0 Å². The molecule has 0 aliphatic carbocycles. The van der Waals surface area contributed by atoms with Gasteiger partial charge in [-0.15, -0.1) is 0 Å². The van der Waals surface area contributed by atoms with E-state index in [9.17, 15) is 4.79 Å². The van der Waals surface area contributed by atoms with Gasteiger partial charge in [0.15, 0.2) is 5.65 Å². The van der Waals surface area contributed by atoms with Crippen LogP contribution in [0.15, 0.2) is 42.5 Å².